The first-order valence-electron chi connectivity index (χ1n) is 4.94. The van der Waals surface area contributed by atoms with Gasteiger partial charge in [-0.3, -0.25) is 0 Å². The summed E-state index contributed by atoms with van der Waals surface area (Å²) in [6.07, 6.45) is 0.0761. The third-order valence-corrected chi connectivity index (χ3v) is 2.50. The Bertz CT molecular complexity index is 430. The molecule has 1 aliphatic rings. The molecule has 1 fully saturated rings. The van der Waals surface area contributed by atoms with Gasteiger partial charge in [0.1, 0.15) is 0 Å². The van der Waals surface area contributed by atoms with E-state index in [0.717, 1.165) is 0 Å². The first kappa shape index (κ1) is 10.5. The van der Waals surface area contributed by atoms with E-state index >= 15 is 0 Å². The Balaban J connectivity index is 2.32. The van der Waals surface area contributed by atoms with E-state index in [1.54, 1.807) is 18.2 Å². The number of rotatable bonds is 2. The second-order valence-electron chi connectivity index (χ2n) is 3.51. The highest BCUT2D eigenvalue weighted by Gasteiger charge is 2.24. The van der Waals surface area contributed by atoms with Gasteiger partial charge in [-0.2, -0.15) is 0 Å². The molecule has 0 spiro atoms. The average Bonchev–Trinajstić information content (AvgIpc) is 2.29. The van der Waals surface area contributed by atoms with E-state index in [1.807, 2.05) is 0 Å². The summed E-state index contributed by atoms with van der Waals surface area (Å²) in [5.74, 6) is -0.989. The molecule has 0 aliphatic carbocycles. The zero-order valence-electron chi connectivity index (χ0n) is 8.47. The molecule has 1 aromatic carbocycles. The Kier molecular flexibility index (Phi) is 2.76. The number of benzene rings is 1. The number of carboxylic acid groups (broad SMARTS) is 1. The van der Waals surface area contributed by atoms with E-state index in [9.17, 15) is 9.59 Å². The van der Waals surface area contributed by atoms with Crippen LogP contribution in [0.2, 0.25) is 0 Å². The standard InChI is InChI=1S/C11H11NO4/c13-10(14)8-4-2-1-3-7(8)9-5-6-16-11(15)12-9/h1-4,9H,5-6H2,(H,12,15)(H,13,14)/t9-/m1/s1. The van der Waals surface area contributed by atoms with Gasteiger partial charge in [0.05, 0.1) is 18.2 Å². The lowest BCUT2D eigenvalue weighted by molar-refractivity contribution is 0.0691. The molecule has 0 bridgehead atoms. The largest absolute Gasteiger partial charge is 0.478 e. The summed E-state index contributed by atoms with van der Waals surface area (Å²) in [6, 6.07) is 6.37. The first-order chi connectivity index (χ1) is 7.68. The highest BCUT2D eigenvalue weighted by Crippen LogP contribution is 2.23. The molecule has 2 N–H and O–H groups in total. The number of carboxylic acids is 1. The molecule has 1 heterocycles. The van der Waals surface area contributed by atoms with Gasteiger partial charge < -0.3 is 15.2 Å². The number of alkyl carbamates (subject to hydrolysis) is 1. The number of amides is 1. The van der Waals surface area contributed by atoms with Crippen LogP contribution in [0.4, 0.5) is 4.79 Å². The van der Waals surface area contributed by atoms with Crippen molar-refractivity contribution in [3.63, 3.8) is 0 Å². The highest BCUT2D eigenvalue weighted by atomic mass is 16.5. The molecule has 5 nitrogen and oxygen atoms in total. The number of hydrogen-bond donors (Lipinski definition) is 2. The molecule has 1 aliphatic heterocycles. The summed E-state index contributed by atoms with van der Waals surface area (Å²) >= 11 is 0. The van der Waals surface area contributed by atoms with E-state index in [-0.39, 0.29) is 11.6 Å². The monoisotopic (exact) mass is 221 g/mol. The van der Waals surface area contributed by atoms with Crippen LogP contribution < -0.4 is 5.32 Å². The van der Waals surface area contributed by atoms with Crippen LogP contribution in [0.25, 0.3) is 0 Å². The van der Waals surface area contributed by atoms with Crippen molar-refractivity contribution in [1.82, 2.24) is 5.32 Å². The molecule has 0 unspecified atom stereocenters. The van der Waals surface area contributed by atoms with E-state index in [0.29, 0.717) is 18.6 Å². The minimum atomic E-state index is -0.989. The van der Waals surface area contributed by atoms with Gasteiger partial charge in [0, 0.05) is 6.42 Å². The lowest BCUT2D eigenvalue weighted by Crippen LogP contribution is -2.36. The Labute approximate surface area is 92.0 Å². The third kappa shape index (κ3) is 1.98. The first-order valence-corrected chi connectivity index (χ1v) is 4.94. The highest BCUT2D eigenvalue weighted by molar-refractivity contribution is 5.89. The quantitative estimate of drug-likeness (QED) is 0.794. The minimum Gasteiger partial charge on any atom is -0.478 e. The van der Waals surface area contributed by atoms with Crippen LogP contribution in [-0.4, -0.2) is 23.8 Å². The van der Waals surface area contributed by atoms with Crippen LogP contribution >= 0.6 is 0 Å². The molecule has 5 heteroatoms. The maximum absolute atomic E-state index is 11.0. The van der Waals surface area contributed by atoms with Crippen molar-refractivity contribution in [2.24, 2.45) is 0 Å². The fourth-order valence-corrected chi connectivity index (χ4v) is 1.75. The summed E-state index contributed by atoms with van der Waals surface area (Å²) < 4.78 is 4.73. The van der Waals surface area contributed by atoms with E-state index < -0.39 is 12.1 Å². The predicted molar refractivity (Wildman–Crippen MR) is 55.2 cm³/mol. The maximum Gasteiger partial charge on any atom is 0.407 e. The van der Waals surface area contributed by atoms with Crippen molar-refractivity contribution in [2.75, 3.05) is 6.61 Å². The second kappa shape index (κ2) is 4.22. The second-order valence-corrected chi connectivity index (χ2v) is 3.51. The van der Waals surface area contributed by atoms with E-state index in [4.69, 9.17) is 9.84 Å². The van der Waals surface area contributed by atoms with Crippen LogP contribution in [0, 0.1) is 0 Å². The van der Waals surface area contributed by atoms with Crippen molar-refractivity contribution in [2.45, 2.75) is 12.5 Å². The van der Waals surface area contributed by atoms with Gasteiger partial charge in [-0.1, -0.05) is 18.2 Å². The molecule has 16 heavy (non-hydrogen) atoms. The Morgan fingerprint density at radius 1 is 1.44 bits per heavy atom. The number of ether oxygens (including phenoxy) is 1. The average molecular weight is 221 g/mol. The molecular weight excluding hydrogens is 210 g/mol. The third-order valence-electron chi connectivity index (χ3n) is 2.50. The molecule has 0 radical (unpaired) electrons. The van der Waals surface area contributed by atoms with Gasteiger partial charge in [0.2, 0.25) is 0 Å². The number of cyclic esters (lactones) is 1. The maximum atomic E-state index is 11.0. The van der Waals surface area contributed by atoms with Crippen molar-refractivity contribution in [3.05, 3.63) is 35.4 Å². The van der Waals surface area contributed by atoms with Crippen LogP contribution in [0.15, 0.2) is 24.3 Å². The summed E-state index contributed by atoms with van der Waals surface area (Å²) in [5, 5.41) is 11.6. The van der Waals surface area contributed by atoms with Crippen molar-refractivity contribution >= 4 is 12.1 Å². The molecule has 2 rings (SSSR count). The van der Waals surface area contributed by atoms with Gasteiger partial charge in [-0.25, -0.2) is 9.59 Å². The SMILES string of the molecule is O=C1N[C@@H](c2ccccc2C(=O)O)CCO1. The van der Waals surface area contributed by atoms with Crippen molar-refractivity contribution in [3.8, 4) is 0 Å². The number of carbonyl (C=O) groups excluding carboxylic acids is 1. The van der Waals surface area contributed by atoms with E-state index in [2.05, 4.69) is 5.32 Å². The fraction of sp³-hybridized carbons (Fsp3) is 0.273. The minimum absolute atomic E-state index is 0.217. The van der Waals surface area contributed by atoms with Crippen molar-refractivity contribution in [1.29, 1.82) is 0 Å². The topological polar surface area (TPSA) is 75.6 Å². The van der Waals surface area contributed by atoms with Crippen LogP contribution in [-0.2, 0) is 4.74 Å². The molecular formula is C11H11NO4. The molecule has 1 aromatic rings. The summed E-state index contributed by atoms with van der Waals surface area (Å²) in [7, 11) is 0. The number of carbonyl (C=O) groups is 2. The van der Waals surface area contributed by atoms with Gasteiger partial charge in [0.25, 0.3) is 0 Å². The fourth-order valence-electron chi connectivity index (χ4n) is 1.75. The van der Waals surface area contributed by atoms with Crippen LogP contribution in [0.1, 0.15) is 28.4 Å². The van der Waals surface area contributed by atoms with Gasteiger partial charge >= 0.3 is 12.1 Å². The molecule has 0 saturated carbocycles. The summed E-state index contributed by atoms with van der Waals surface area (Å²) in [4.78, 5) is 22.0. The van der Waals surface area contributed by atoms with Crippen LogP contribution in [0.5, 0.6) is 0 Å². The number of nitrogens with one attached hydrogen (secondary N) is 1. The predicted octanol–water partition coefficient (Wildman–Crippen LogP) is 1.56. The molecule has 1 saturated heterocycles. The summed E-state index contributed by atoms with van der Waals surface area (Å²) in [6.45, 7) is 0.310. The summed E-state index contributed by atoms with van der Waals surface area (Å²) in [5.41, 5.74) is 0.835. The van der Waals surface area contributed by atoms with Gasteiger partial charge in [0.15, 0.2) is 0 Å². The zero-order chi connectivity index (χ0) is 11.5. The lowest BCUT2D eigenvalue weighted by Gasteiger charge is -2.24. The van der Waals surface area contributed by atoms with Gasteiger partial charge in [-0.15, -0.1) is 0 Å². The van der Waals surface area contributed by atoms with E-state index in [1.165, 1.54) is 6.07 Å². The normalized spacial score (nSPS) is 19.8. The number of aromatic carboxylic acids is 1. The molecule has 1 amide bonds. The Hall–Kier alpha value is -2.04. The van der Waals surface area contributed by atoms with Crippen molar-refractivity contribution < 1.29 is 19.4 Å². The van der Waals surface area contributed by atoms with Gasteiger partial charge in [-0.05, 0) is 11.6 Å². The molecule has 84 valence electrons. The Morgan fingerprint density at radius 2 is 2.19 bits per heavy atom. The molecule has 0 aromatic heterocycles. The number of hydrogen-bond acceptors (Lipinski definition) is 3. The molecule has 1 atom stereocenters. The van der Waals surface area contributed by atoms with Crippen LogP contribution in [0.3, 0.4) is 0 Å². The lowest BCUT2D eigenvalue weighted by atomic mass is 9.98. The Morgan fingerprint density at radius 3 is 2.88 bits per heavy atom. The smallest absolute Gasteiger partial charge is 0.407 e. The zero-order valence-corrected chi connectivity index (χ0v) is 8.47.